The second-order valence-electron chi connectivity index (χ2n) is 7.12. The lowest BCUT2D eigenvalue weighted by molar-refractivity contribution is 0.105. The van der Waals surface area contributed by atoms with Gasteiger partial charge in [0, 0.05) is 38.4 Å². The van der Waals surface area contributed by atoms with Gasteiger partial charge in [0.25, 0.3) is 0 Å². The molecule has 144 valence electrons. The summed E-state index contributed by atoms with van der Waals surface area (Å²) in [6.45, 7) is 9.00. The van der Waals surface area contributed by atoms with E-state index in [4.69, 9.17) is 23.2 Å². The topological polar surface area (TPSA) is 18.5 Å². The summed E-state index contributed by atoms with van der Waals surface area (Å²) in [6, 6.07) is 20.7. The predicted octanol–water partition coefficient (Wildman–Crippen LogP) is 5.44. The zero-order valence-electron chi connectivity index (χ0n) is 15.7. The molecule has 0 amide bonds. The van der Waals surface area contributed by atoms with Crippen molar-refractivity contribution in [3.63, 3.8) is 0 Å². The minimum atomic E-state index is 0.544. The Balaban J connectivity index is 1.34. The molecule has 1 fully saturated rings. The third-order valence-corrected chi connectivity index (χ3v) is 5.95. The molecule has 4 rings (SSSR count). The fraction of sp³-hybridized carbons (Fsp3) is 0.217. The van der Waals surface area contributed by atoms with E-state index in [1.54, 1.807) is 6.07 Å². The van der Waals surface area contributed by atoms with E-state index in [1.807, 2.05) is 12.1 Å². The van der Waals surface area contributed by atoms with Gasteiger partial charge in [-0.15, -0.1) is 0 Å². The quantitative estimate of drug-likeness (QED) is 0.602. The Labute approximate surface area is 176 Å². The highest BCUT2D eigenvalue weighted by molar-refractivity contribution is 6.42. The molecule has 0 spiro atoms. The van der Waals surface area contributed by atoms with Crippen molar-refractivity contribution in [3.8, 4) is 0 Å². The highest BCUT2D eigenvalue weighted by Gasteiger charge is 2.18. The van der Waals surface area contributed by atoms with Crippen LogP contribution in [0.4, 0.5) is 0 Å². The molecule has 1 aliphatic rings. The summed E-state index contributed by atoms with van der Waals surface area (Å²) < 4.78 is 0. The third kappa shape index (κ3) is 4.34. The Morgan fingerprint density at radius 2 is 1.64 bits per heavy atom. The van der Waals surface area contributed by atoms with Crippen LogP contribution in [0.1, 0.15) is 11.1 Å². The van der Waals surface area contributed by atoms with Gasteiger partial charge in [0.15, 0.2) is 0 Å². The van der Waals surface area contributed by atoms with Gasteiger partial charge in [-0.2, -0.15) is 0 Å². The fourth-order valence-corrected chi connectivity index (χ4v) is 3.93. The molecule has 0 radical (unpaired) electrons. The first-order valence-corrected chi connectivity index (χ1v) is 10.2. The summed E-state index contributed by atoms with van der Waals surface area (Å²) in [5.41, 5.74) is 6.58. The van der Waals surface area contributed by atoms with Gasteiger partial charge in [0.1, 0.15) is 0 Å². The first-order chi connectivity index (χ1) is 13.6. The molecule has 0 atom stereocenters. The summed E-state index contributed by atoms with van der Waals surface area (Å²) in [7, 11) is 0. The smallest absolute Gasteiger partial charge is 0.0599 e. The van der Waals surface area contributed by atoms with E-state index >= 15 is 0 Å². The number of nitrogens with zero attached hydrogens (tertiary/aromatic N) is 2. The standard InChI is InChI=1S/C23H23Cl2N3/c1-17(19-9-10-22(24)23(25)15-19)26-28-13-11-27(12-14-28)16-20-7-4-6-18-5-2-3-8-21(18)20/h2-10,15,26H,1,11-14,16H2. The van der Waals surface area contributed by atoms with E-state index in [1.165, 1.54) is 16.3 Å². The number of fused-ring (bicyclic) bond motifs is 1. The molecule has 0 aromatic heterocycles. The molecular formula is C23H23Cl2N3. The maximum Gasteiger partial charge on any atom is 0.0599 e. The molecule has 1 aliphatic heterocycles. The lowest BCUT2D eigenvalue weighted by atomic mass is 10.0. The maximum atomic E-state index is 6.12. The number of piperazine rings is 1. The molecule has 0 bridgehead atoms. The number of rotatable bonds is 5. The van der Waals surface area contributed by atoms with Crippen molar-refractivity contribution in [1.29, 1.82) is 0 Å². The zero-order valence-corrected chi connectivity index (χ0v) is 17.2. The molecule has 3 aromatic rings. The molecular weight excluding hydrogens is 389 g/mol. The minimum Gasteiger partial charge on any atom is -0.319 e. The largest absolute Gasteiger partial charge is 0.319 e. The van der Waals surface area contributed by atoms with Crippen LogP contribution in [0.25, 0.3) is 16.5 Å². The molecule has 1 N–H and O–H groups in total. The molecule has 3 aromatic carbocycles. The van der Waals surface area contributed by atoms with E-state index in [2.05, 4.69) is 64.4 Å². The minimum absolute atomic E-state index is 0.544. The van der Waals surface area contributed by atoms with Crippen LogP contribution in [-0.2, 0) is 6.54 Å². The number of hydrogen-bond donors (Lipinski definition) is 1. The van der Waals surface area contributed by atoms with Gasteiger partial charge in [0.05, 0.1) is 10.0 Å². The van der Waals surface area contributed by atoms with Crippen molar-refractivity contribution in [2.45, 2.75) is 6.54 Å². The highest BCUT2D eigenvalue weighted by atomic mass is 35.5. The van der Waals surface area contributed by atoms with Crippen LogP contribution in [0.3, 0.4) is 0 Å². The molecule has 1 saturated heterocycles. The molecule has 0 unspecified atom stereocenters. The Morgan fingerprint density at radius 1 is 0.893 bits per heavy atom. The van der Waals surface area contributed by atoms with Crippen molar-refractivity contribution in [1.82, 2.24) is 15.3 Å². The molecule has 0 aliphatic carbocycles. The number of nitrogens with one attached hydrogen (secondary N) is 1. The van der Waals surface area contributed by atoms with Gasteiger partial charge in [-0.3, -0.25) is 4.90 Å². The number of hydrogen-bond acceptors (Lipinski definition) is 3. The molecule has 28 heavy (non-hydrogen) atoms. The van der Waals surface area contributed by atoms with Gasteiger partial charge >= 0.3 is 0 Å². The van der Waals surface area contributed by atoms with E-state index in [9.17, 15) is 0 Å². The molecule has 3 nitrogen and oxygen atoms in total. The molecule has 5 heteroatoms. The monoisotopic (exact) mass is 411 g/mol. The molecule has 1 heterocycles. The van der Waals surface area contributed by atoms with Gasteiger partial charge in [-0.25, -0.2) is 5.01 Å². The zero-order chi connectivity index (χ0) is 19.5. The SMILES string of the molecule is C=C(NN1CCN(Cc2cccc3ccccc23)CC1)c1ccc(Cl)c(Cl)c1. The normalized spacial score (nSPS) is 15.6. The van der Waals surface area contributed by atoms with Crippen molar-refractivity contribution in [2.75, 3.05) is 26.2 Å². The van der Waals surface area contributed by atoms with Crippen LogP contribution >= 0.6 is 23.2 Å². The maximum absolute atomic E-state index is 6.12. The van der Waals surface area contributed by atoms with Crippen LogP contribution in [0.15, 0.2) is 67.2 Å². The van der Waals surface area contributed by atoms with Crippen LogP contribution in [0.2, 0.25) is 10.0 Å². The van der Waals surface area contributed by atoms with Gasteiger partial charge in [-0.1, -0.05) is 78.3 Å². The van der Waals surface area contributed by atoms with E-state index in [-0.39, 0.29) is 0 Å². The summed E-state index contributed by atoms with van der Waals surface area (Å²) in [6.07, 6.45) is 0. The average molecular weight is 412 g/mol. The Morgan fingerprint density at radius 3 is 2.43 bits per heavy atom. The second kappa shape index (κ2) is 8.54. The summed E-state index contributed by atoms with van der Waals surface area (Å²) in [5.74, 6) is 0. The first kappa shape index (κ1) is 19.3. The van der Waals surface area contributed by atoms with Crippen LogP contribution in [0, 0.1) is 0 Å². The lowest BCUT2D eigenvalue weighted by Gasteiger charge is -2.35. The average Bonchev–Trinajstić information content (AvgIpc) is 2.72. The van der Waals surface area contributed by atoms with E-state index in [0.29, 0.717) is 10.0 Å². The first-order valence-electron chi connectivity index (χ1n) is 9.45. The van der Waals surface area contributed by atoms with Crippen LogP contribution in [0.5, 0.6) is 0 Å². The van der Waals surface area contributed by atoms with E-state index in [0.717, 1.165) is 44.0 Å². The second-order valence-corrected chi connectivity index (χ2v) is 7.94. The van der Waals surface area contributed by atoms with E-state index < -0.39 is 0 Å². The van der Waals surface area contributed by atoms with Crippen molar-refractivity contribution in [3.05, 3.63) is 88.4 Å². The fourth-order valence-electron chi connectivity index (χ4n) is 3.63. The molecule has 0 saturated carbocycles. The number of halogens is 2. The number of benzene rings is 3. The summed E-state index contributed by atoms with van der Waals surface area (Å²) >= 11 is 12.1. The summed E-state index contributed by atoms with van der Waals surface area (Å²) in [4.78, 5) is 2.50. The van der Waals surface area contributed by atoms with Crippen molar-refractivity contribution in [2.24, 2.45) is 0 Å². The van der Waals surface area contributed by atoms with Gasteiger partial charge < -0.3 is 5.43 Å². The Bertz CT molecular complexity index is 989. The predicted molar refractivity (Wildman–Crippen MR) is 119 cm³/mol. The Hall–Kier alpha value is -2.04. The Kier molecular flexibility index (Phi) is 5.88. The number of hydrazine groups is 1. The lowest BCUT2D eigenvalue weighted by Crippen LogP contribution is -2.50. The highest BCUT2D eigenvalue weighted by Crippen LogP contribution is 2.25. The third-order valence-electron chi connectivity index (χ3n) is 5.21. The van der Waals surface area contributed by atoms with Crippen molar-refractivity contribution < 1.29 is 0 Å². The van der Waals surface area contributed by atoms with Gasteiger partial charge in [0.2, 0.25) is 0 Å². The summed E-state index contributed by atoms with van der Waals surface area (Å²) in [5, 5.41) is 5.96. The van der Waals surface area contributed by atoms with Crippen LogP contribution < -0.4 is 5.43 Å². The van der Waals surface area contributed by atoms with Crippen molar-refractivity contribution >= 4 is 39.7 Å². The van der Waals surface area contributed by atoms with Gasteiger partial charge in [-0.05, 0) is 34.0 Å². The van der Waals surface area contributed by atoms with Crippen LogP contribution in [-0.4, -0.2) is 36.1 Å².